The summed E-state index contributed by atoms with van der Waals surface area (Å²) in [6.07, 6.45) is 0. The summed E-state index contributed by atoms with van der Waals surface area (Å²) in [5.74, 6) is -0.455. The third kappa shape index (κ3) is 3.44. The van der Waals surface area contributed by atoms with Crippen LogP contribution in [0.4, 0.5) is 11.4 Å². The number of nitro benzene ring substituents is 1. The van der Waals surface area contributed by atoms with Gasteiger partial charge >= 0.3 is 0 Å². The summed E-state index contributed by atoms with van der Waals surface area (Å²) >= 11 is 5.77. The maximum Gasteiger partial charge on any atom is 0.292 e. The minimum Gasteiger partial charge on any atom is -0.363 e. The highest BCUT2D eigenvalue weighted by molar-refractivity contribution is 6.31. The molecule has 1 fully saturated rings. The lowest BCUT2D eigenvalue weighted by molar-refractivity contribution is -0.383. The lowest BCUT2D eigenvalue weighted by atomic mass is 10.0. The molecule has 2 rings (SSSR count). The summed E-state index contributed by atoms with van der Waals surface area (Å²) in [6, 6.07) is 3.98. The van der Waals surface area contributed by atoms with E-state index >= 15 is 0 Å². The van der Waals surface area contributed by atoms with E-state index in [0.29, 0.717) is 18.1 Å². The van der Waals surface area contributed by atoms with Crippen LogP contribution in [0.3, 0.4) is 0 Å². The van der Waals surface area contributed by atoms with Crippen LogP contribution in [0.5, 0.6) is 0 Å². The van der Waals surface area contributed by atoms with Gasteiger partial charge in [-0.15, -0.1) is 0 Å². The Kier molecular flexibility index (Phi) is 4.22. The van der Waals surface area contributed by atoms with Crippen LogP contribution < -0.4 is 10.6 Å². The van der Waals surface area contributed by atoms with Crippen molar-refractivity contribution in [2.75, 3.05) is 25.0 Å². The zero-order chi connectivity index (χ0) is 14.8. The Labute approximate surface area is 120 Å². The molecule has 1 amide bonds. The number of ether oxygens (including phenoxy) is 1. The number of rotatable bonds is 5. The maximum atomic E-state index is 11.8. The van der Waals surface area contributed by atoms with E-state index < -0.39 is 10.8 Å². The molecular formula is C12H14ClN3O4. The highest BCUT2D eigenvalue weighted by Gasteiger charge is 2.33. The van der Waals surface area contributed by atoms with Gasteiger partial charge in [0.15, 0.2) is 0 Å². The first-order valence-corrected chi connectivity index (χ1v) is 6.36. The van der Waals surface area contributed by atoms with Gasteiger partial charge in [-0.25, -0.2) is 0 Å². The number of hydrogen-bond acceptors (Lipinski definition) is 5. The van der Waals surface area contributed by atoms with Gasteiger partial charge < -0.3 is 15.4 Å². The van der Waals surface area contributed by atoms with Gasteiger partial charge in [0.2, 0.25) is 0 Å². The fraction of sp³-hybridized carbons (Fsp3) is 0.417. The van der Waals surface area contributed by atoms with Gasteiger partial charge in [0, 0.05) is 24.2 Å². The molecule has 0 radical (unpaired) electrons. The lowest BCUT2D eigenvalue weighted by Crippen LogP contribution is -2.59. The first-order chi connectivity index (χ1) is 9.39. The summed E-state index contributed by atoms with van der Waals surface area (Å²) in [5.41, 5.74) is -0.496. The number of amides is 1. The van der Waals surface area contributed by atoms with E-state index in [2.05, 4.69) is 10.6 Å². The predicted molar refractivity (Wildman–Crippen MR) is 74.0 cm³/mol. The van der Waals surface area contributed by atoms with Crippen LogP contribution in [0.1, 0.15) is 6.92 Å². The molecule has 2 N–H and O–H groups in total. The Morgan fingerprint density at radius 2 is 2.30 bits per heavy atom. The molecule has 1 aromatic rings. The number of nitrogens with zero attached hydrogens (tertiary/aromatic N) is 1. The van der Waals surface area contributed by atoms with E-state index in [1.54, 1.807) is 0 Å². The maximum absolute atomic E-state index is 11.8. The second-order valence-corrected chi connectivity index (χ2v) is 5.25. The molecular weight excluding hydrogens is 286 g/mol. The average molecular weight is 300 g/mol. The lowest BCUT2D eigenvalue weighted by Gasteiger charge is -2.38. The fourth-order valence-electron chi connectivity index (χ4n) is 1.77. The third-order valence-electron chi connectivity index (χ3n) is 2.98. The number of anilines is 1. The zero-order valence-electron chi connectivity index (χ0n) is 10.8. The zero-order valence-corrected chi connectivity index (χ0v) is 11.6. The van der Waals surface area contributed by atoms with Crippen LogP contribution in [-0.4, -0.2) is 36.1 Å². The van der Waals surface area contributed by atoms with Crippen LogP contribution in [-0.2, 0) is 9.53 Å². The number of nitro groups is 1. The summed E-state index contributed by atoms with van der Waals surface area (Å²) in [5, 5.41) is 16.7. The Balaban J connectivity index is 1.99. The smallest absolute Gasteiger partial charge is 0.292 e. The van der Waals surface area contributed by atoms with E-state index in [1.165, 1.54) is 18.2 Å². The molecule has 1 aliphatic rings. The molecule has 1 heterocycles. The SMILES string of the molecule is CC1(OCC(=O)Nc2cc(Cl)ccc2[N+](=O)[O-])CNC1. The van der Waals surface area contributed by atoms with Crippen LogP contribution in [0.2, 0.25) is 5.02 Å². The van der Waals surface area contributed by atoms with Crippen molar-refractivity contribution in [3.8, 4) is 0 Å². The van der Waals surface area contributed by atoms with E-state index in [9.17, 15) is 14.9 Å². The van der Waals surface area contributed by atoms with Crippen molar-refractivity contribution in [3.63, 3.8) is 0 Å². The second-order valence-electron chi connectivity index (χ2n) is 4.81. The van der Waals surface area contributed by atoms with Crippen molar-refractivity contribution in [2.24, 2.45) is 0 Å². The van der Waals surface area contributed by atoms with Gasteiger partial charge in [0.25, 0.3) is 11.6 Å². The van der Waals surface area contributed by atoms with Crippen LogP contribution in [0.25, 0.3) is 0 Å². The van der Waals surface area contributed by atoms with Crippen LogP contribution in [0, 0.1) is 10.1 Å². The molecule has 108 valence electrons. The molecule has 1 saturated heterocycles. The number of hydrogen-bond donors (Lipinski definition) is 2. The molecule has 20 heavy (non-hydrogen) atoms. The van der Waals surface area contributed by atoms with Crippen molar-refractivity contribution in [2.45, 2.75) is 12.5 Å². The number of benzene rings is 1. The molecule has 0 atom stereocenters. The molecule has 7 nitrogen and oxygen atoms in total. The first-order valence-electron chi connectivity index (χ1n) is 5.98. The minimum absolute atomic E-state index is 0.0630. The number of halogens is 1. The predicted octanol–water partition coefficient (Wildman–Crippen LogP) is 1.57. The Bertz CT molecular complexity index is 546. The average Bonchev–Trinajstić information content (AvgIpc) is 2.33. The fourth-order valence-corrected chi connectivity index (χ4v) is 1.94. The Hall–Kier alpha value is -1.70. The van der Waals surface area contributed by atoms with Crippen molar-refractivity contribution < 1.29 is 14.5 Å². The molecule has 8 heteroatoms. The van der Waals surface area contributed by atoms with Gasteiger partial charge in [0.05, 0.1) is 10.5 Å². The van der Waals surface area contributed by atoms with Crippen molar-refractivity contribution in [1.82, 2.24) is 5.32 Å². The van der Waals surface area contributed by atoms with E-state index in [-0.39, 0.29) is 23.6 Å². The quantitative estimate of drug-likeness (QED) is 0.636. The summed E-state index contributed by atoms with van der Waals surface area (Å²) in [7, 11) is 0. The van der Waals surface area contributed by atoms with Crippen molar-refractivity contribution in [1.29, 1.82) is 0 Å². The van der Waals surface area contributed by atoms with Gasteiger partial charge in [0.1, 0.15) is 12.3 Å². The molecule has 0 aliphatic carbocycles. The number of carbonyl (C=O) groups is 1. The first kappa shape index (κ1) is 14.7. The summed E-state index contributed by atoms with van der Waals surface area (Å²) < 4.78 is 5.45. The molecule has 0 bridgehead atoms. The summed E-state index contributed by atoms with van der Waals surface area (Å²) in [4.78, 5) is 22.0. The normalized spacial score (nSPS) is 16.3. The molecule has 0 aromatic heterocycles. The van der Waals surface area contributed by atoms with E-state index in [4.69, 9.17) is 16.3 Å². The Morgan fingerprint density at radius 3 is 2.85 bits per heavy atom. The van der Waals surface area contributed by atoms with Gasteiger partial charge in [-0.2, -0.15) is 0 Å². The standard InChI is InChI=1S/C12H14ClN3O4/c1-12(6-14-7-12)20-5-11(17)15-9-4-8(13)2-3-10(9)16(18)19/h2-4,14H,5-7H2,1H3,(H,15,17). The molecule has 0 unspecified atom stereocenters. The van der Waals surface area contributed by atoms with Crippen molar-refractivity contribution >= 4 is 28.9 Å². The Morgan fingerprint density at radius 1 is 1.60 bits per heavy atom. The van der Waals surface area contributed by atoms with E-state index in [1.807, 2.05) is 6.92 Å². The summed E-state index contributed by atoms with van der Waals surface area (Å²) in [6.45, 7) is 3.08. The topological polar surface area (TPSA) is 93.5 Å². The molecule has 0 spiro atoms. The third-order valence-corrected chi connectivity index (χ3v) is 3.21. The van der Waals surface area contributed by atoms with Gasteiger partial charge in [-0.1, -0.05) is 11.6 Å². The number of nitrogens with one attached hydrogen (secondary N) is 2. The van der Waals surface area contributed by atoms with E-state index in [0.717, 1.165) is 0 Å². The van der Waals surface area contributed by atoms with Gasteiger partial charge in [-0.05, 0) is 19.1 Å². The van der Waals surface area contributed by atoms with Gasteiger partial charge in [-0.3, -0.25) is 14.9 Å². The molecule has 0 saturated carbocycles. The highest BCUT2D eigenvalue weighted by Crippen LogP contribution is 2.27. The van der Waals surface area contributed by atoms with Crippen LogP contribution in [0.15, 0.2) is 18.2 Å². The monoisotopic (exact) mass is 299 g/mol. The largest absolute Gasteiger partial charge is 0.363 e. The minimum atomic E-state index is -0.579. The number of carbonyl (C=O) groups excluding carboxylic acids is 1. The molecule has 1 aromatic carbocycles. The highest BCUT2D eigenvalue weighted by atomic mass is 35.5. The molecule has 1 aliphatic heterocycles. The van der Waals surface area contributed by atoms with Crippen molar-refractivity contribution in [3.05, 3.63) is 33.3 Å². The second kappa shape index (κ2) is 5.74. The van der Waals surface area contributed by atoms with Crippen LogP contribution >= 0.6 is 11.6 Å².